The van der Waals surface area contributed by atoms with Crippen molar-refractivity contribution in [2.24, 2.45) is 0 Å². The van der Waals surface area contributed by atoms with E-state index in [-0.39, 0.29) is 12.0 Å². The summed E-state index contributed by atoms with van der Waals surface area (Å²) in [6.45, 7) is 10.1. The Morgan fingerprint density at radius 3 is 2.48 bits per heavy atom. The first-order valence-corrected chi connectivity index (χ1v) is 10.8. The third-order valence-corrected chi connectivity index (χ3v) is 5.71. The number of nitrogens with zero attached hydrogens (tertiary/aromatic N) is 2. The zero-order valence-corrected chi connectivity index (χ0v) is 18.8. The predicted octanol–water partition coefficient (Wildman–Crippen LogP) is 5.18. The number of ether oxygens (including phenoxy) is 1. The molecule has 2 aromatic rings. The van der Waals surface area contributed by atoms with E-state index >= 15 is 0 Å². The molecule has 5 heteroatoms. The summed E-state index contributed by atoms with van der Waals surface area (Å²) in [5.74, 6) is 0.0934. The summed E-state index contributed by atoms with van der Waals surface area (Å²) in [6, 6.07) is 14.4. The second-order valence-corrected chi connectivity index (χ2v) is 9.42. The largest absolute Gasteiger partial charge is 0.444 e. The maximum Gasteiger partial charge on any atom is 0.410 e. The van der Waals surface area contributed by atoms with Gasteiger partial charge in [-0.15, -0.1) is 0 Å². The van der Waals surface area contributed by atoms with Crippen molar-refractivity contribution >= 4 is 17.6 Å². The van der Waals surface area contributed by atoms with Crippen LogP contribution >= 0.6 is 0 Å². The van der Waals surface area contributed by atoms with Gasteiger partial charge in [0.05, 0.1) is 0 Å². The summed E-state index contributed by atoms with van der Waals surface area (Å²) in [6.07, 6.45) is 2.60. The van der Waals surface area contributed by atoms with Gasteiger partial charge < -0.3 is 14.5 Å². The van der Waals surface area contributed by atoms with Crippen LogP contribution in [0.4, 0.5) is 4.79 Å². The third-order valence-electron chi connectivity index (χ3n) is 5.71. The molecule has 2 aliphatic rings. The fraction of sp³-hybridized carbons (Fsp3) is 0.385. The predicted molar refractivity (Wildman–Crippen MR) is 122 cm³/mol. The molecule has 0 fully saturated rings. The highest BCUT2D eigenvalue weighted by atomic mass is 16.6. The Morgan fingerprint density at radius 1 is 1.10 bits per heavy atom. The summed E-state index contributed by atoms with van der Waals surface area (Å²) >= 11 is 0. The quantitative estimate of drug-likeness (QED) is 0.690. The standard InChI is InChI=1S/C26H30N2O3/c1-18-5-7-19(8-6-18)16-28-17-22-15-21(9-10-23(22)24(28)29)20-11-13-27(14-12-20)25(30)31-26(2,3)4/h5-11,15H,12-14,16-17H2,1-4H3. The maximum absolute atomic E-state index is 12.8. The van der Waals surface area contributed by atoms with Crippen LogP contribution in [0.5, 0.6) is 0 Å². The minimum Gasteiger partial charge on any atom is -0.444 e. The van der Waals surface area contributed by atoms with Gasteiger partial charge in [-0.3, -0.25) is 4.79 Å². The van der Waals surface area contributed by atoms with Crippen molar-refractivity contribution in [1.82, 2.24) is 9.80 Å². The Morgan fingerprint density at radius 2 is 1.84 bits per heavy atom. The summed E-state index contributed by atoms with van der Waals surface area (Å²) in [5.41, 5.74) is 6.09. The van der Waals surface area contributed by atoms with Crippen molar-refractivity contribution in [3.8, 4) is 0 Å². The number of amides is 2. The molecule has 31 heavy (non-hydrogen) atoms. The lowest BCUT2D eigenvalue weighted by atomic mass is 9.96. The maximum atomic E-state index is 12.8. The highest BCUT2D eigenvalue weighted by Gasteiger charge is 2.28. The van der Waals surface area contributed by atoms with E-state index in [0.29, 0.717) is 26.2 Å². The molecule has 0 N–H and O–H groups in total. The van der Waals surface area contributed by atoms with Crippen LogP contribution < -0.4 is 0 Å². The first-order chi connectivity index (χ1) is 14.7. The van der Waals surface area contributed by atoms with E-state index in [1.807, 2.05) is 37.8 Å². The van der Waals surface area contributed by atoms with Gasteiger partial charge in [0.15, 0.2) is 0 Å². The van der Waals surface area contributed by atoms with E-state index in [1.54, 1.807) is 4.90 Å². The molecule has 5 nitrogen and oxygen atoms in total. The number of aryl methyl sites for hydroxylation is 1. The fourth-order valence-electron chi connectivity index (χ4n) is 4.05. The van der Waals surface area contributed by atoms with Crippen LogP contribution in [0.2, 0.25) is 0 Å². The van der Waals surface area contributed by atoms with Gasteiger partial charge in [-0.2, -0.15) is 0 Å². The van der Waals surface area contributed by atoms with Gasteiger partial charge in [-0.25, -0.2) is 4.79 Å². The molecule has 0 bridgehead atoms. The highest BCUT2D eigenvalue weighted by molar-refractivity contribution is 5.98. The topological polar surface area (TPSA) is 49.9 Å². The van der Waals surface area contributed by atoms with Gasteiger partial charge in [0.1, 0.15) is 5.60 Å². The second kappa shape index (κ2) is 8.22. The van der Waals surface area contributed by atoms with Crippen LogP contribution in [0.3, 0.4) is 0 Å². The van der Waals surface area contributed by atoms with Crippen molar-refractivity contribution in [2.45, 2.75) is 52.8 Å². The molecular weight excluding hydrogens is 388 g/mol. The smallest absolute Gasteiger partial charge is 0.410 e. The Hall–Kier alpha value is -3.08. The second-order valence-electron chi connectivity index (χ2n) is 9.42. The molecule has 2 aliphatic heterocycles. The summed E-state index contributed by atoms with van der Waals surface area (Å²) < 4.78 is 5.47. The molecule has 0 spiro atoms. The number of hydrogen-bond acceptors (Lipinski definition) is 3. The molecule has 0 unspecified atom stereocenters. The van der Waals surface area contributed by atoms with E-state index in [9.17, 15) is 9.59 Å². The first-order valence-electron chi connectivity index (χ1n) is 10.8. The van der Waals surface area contributed by atoms with Crippen molar-refractivity contribution in [2.75, 3.05) is 13.1 Å². The van der Waals surface area contributed by atoms with Crippen LogP contribution in [-0.4, -0.2) is 40.5 Å². The highest BCUT2D eigenvalue weighted by Crippen LogP contribution is 2.30. The first kappa shape index (κ1) is 21.2. The third kappa shape index (κ3) is 4.82. The normalized spacial score (nSPS) is 16.3. The average Bonchev–Trinajstić information content (AvgIpc) is 3.03. The lowest BCUT2D eigenvalue weighted by molar-refractivity contribution is 0.0270. The van der Waals surface area contributed by atoms with Gasteiger partial charge in [-0.05, 0) is 68.5 Å². The molecule has 0 atom stereocenters. The molecular formula is C26H30N2O3. The number of carbonyl (C=O) groups is 2. The van der Waals surface area contributed by atoms with E-state index in [2.05, 4.69) is 43.3 Å². The SMILES string of the molecule is Cc1ccc(CN2Cc3cc(C4=CCN(C(=O)OC(C)(C)C)CC4)ccc3C2=O)cc1. The minimum atomic E-state index is -0.488. The van der Waals surface area contributed by atoms with Crippen molar-refractivity contribution < 1.29 is 14.3 Å². The van der Waals surface area contributed by atoms with E-state index < -0.39 is 5.60 Å². The van der Waals surface area contributed by atoms with Crippen LogP contribution in [0.1, 0.15) is 59.8 Å². The number of hydrogen-bond donors (Lipinski definition) is 0. The lowest BCUT2D eigenvalue weighted by Gasteiger charge is -2.29. The Balaban J connectivity index is 1.44. The molecule has 2 heterocycles. The number of benzene rings is 2. The molecule has 162 valence electrons. The van der Waals surface area contributed by atoms with Crippen LogP contribution in [-0.2, 0) is 17.8 Å². The van der Waals surface area contributed by atoms with E-state index in [1.165, 1.54) is 11.1 Å². The Kier molecular flexibility index (Phi) is 5.61. The van der Waals surface area contributed by atoms with Gasteiger partial charge in [0, 0.05) is 31.7 Å². The lowest BCUT2D eigenvalue weighted by Crippen LogP contribution is -2.39. The van der Waals surface area contributed by atoms with Gasteiger partial charge in [0.25, 0.3) is 5.91 Å². The number of fused-ring (bicyclic) bond motifs is 1. The van der Waals surface area contributed by atoms with Crippen molar-refractivity contribution in [3.63, 3.8) is 0 Å². The molecule has 2 aromatic carbocycles. The number of rotatable bonds is 3. The minimum absolute atomic E-state index is 0.0934. The van der Waals surface area contributed by atoms with Crippen LogP contribution in [0.25, 0.3) is 5.57 Å². The Bertz CT molecular complexity index is 1030. The van der Waals surface area contributed by atoms with E-state index in [0.717, 1.165) is 28.7 Å². The molecule has 0 radical (unpaired) electrons. The molecule has 0 aromatic heterocycles. The zero-order chi connectivity index (χ0) is 22.2. The average molecular weight is 419 g/mol. The van der Waals surface area contributed by atoms with Gasteiger partial charge >= 0.3 is 6.09 Å². The molecule has 0 saturated carbocycles. The fourth-order valence-corrected chi connectivity index (χ4v) is 4.05. The Labute approximate surface area is 184 Å². The van der Waals surface area contributed by atoms with E-state index in [4.69, 9.17) is 4.74 Å². The summed E-state index contributed by atoms with van der Waals surface area (Å²) in [7, 11) is 0. The summed E-state index contributed by atoms with van der Waals surface area (Å²) in [4.78, 5) is 28.8. The number of carbonyl (C=O) groups excluding carboxylic acids is 2. The van der Waals surface area contributed by atoms with Crippen molar-refractivity contribution in [3.05, 3.63) is 76.4 Å². The molecule has 0 saturated heterocycles. The monoisotopic (exact) mass is 418 g/mol. The van der Waals surface area contributed by atoms with Gasteiger partial charge in [-0.1, -0.05) is 42.0 Å². The molecule has 2 amide bonds. The van der Waals surface area contributed by atoms with Crippen LogP contribution in [0, 0.1) is 6.92 Å². The summed E-state index contributed by atoms with van der Waals surface area (Å²) in [5, 5.41) is 0. The van der Waals surface area contributed by atoms with Gasteiger partial charge in [0.2, 0.25) is 0 Å². The molecule has 4 rings (SSSR count). The zero-order valence-electron chi connectivity index (χ0n) is 18.8. The van der Waals surface area contributed by atoms with Crippen LogP contribution in [0.15, 0.2) is 48.5 Å². The van der Waals surface area contributed by atoms with Crippen molar-refractivity contribution in [1.29, 1.82) is 0 Å². The molecule has 0 aliphatic carbocycles.